The first kappa shape index (κ1) is 9.33. The number of fused-ring (bicyclic) bond motifs is 1. The fourth-order valence-corrected chi connectivity index (χ4v) is 1.84. The molecule has 1 heterocycles. The molecule has 0 bridgehead atoms. The number of nitrogens with one attached hydrogen (secondary N) is 1. The van der Waals surface area contributed by atoms with Gasteiger partial charge in [0.2, 0.25) is 0 Å². The summed E-state index contributed by atoms with van der Waals surface area (Å²) in [7, 11) is 0. The fourth-order valence-electron chi connectivity index (χ4n) is 1.38. The van der Waals surface area contributed by atoms with E-state index in [1.807, 2.05) is 0 Å². The number of ether oxygens (including phenoxy) is 1. The Bertz CT molecular complexity index is 392. The number of hydrogen-bond donors (Lipinski definition) is 2. The lowest BCUT2D eigenvalue weighted by Crippen LogP contribution is -2.20. The van der Waals surface area contributed by atoms with Crippen molar-refractivity contribution in [3.63, 3.8) is 0 Å². The number of benzene rings is 1. The monoisotopic (exact) mass is 257 g/mol. The summed E-state index contributed by atoms with van der Waals surface area (Å²) in [6, 6.07) is 3.34. The summed E-state index contributed by atoms with van der Waals surface area (Å²) in [5.74, 6) is -0.557. The lowest BCUT2D eigenvalue weighted by atomic mass is 10.1. The maximum Gasteiger partial charge on any atom is 0.339 e. The lowest BCUT2D eigenvalue weighted by molar-refractivity contribution is 0.0692. The quantitative estimate of drug-likeness (QED) is 0.808. The van der Waals surface area contributed by atoms with E-state index < -0.39 is 5.97 Å². The van der Waals surface area contributed by atoms with Gasteiger partial charge in [-0.1, -0.05) is 15.9 Å². The highest BCUT2D eigenvalue weighted by atomic mass is 79.9. The summed E-state index contributed by atoms with van der Waals surface area (Å²) in [4.78, 5) is 10.9. The topological polar surface area (TPSA) is 58.6 Å². The molecule has 0 unspecified atom stereocenters. The number of halogens is 1. The molecule has 0 saturated heterocycles. The standard InChI is InChI=1S/C9H8BrNO3/c10-5-3-6(9(12)13)8-7(4-5)11-1-2-14-8/h3-4,11H,1-2H2,(H,12,13). The highest BCUT2D eigenvalue weighted by molar-refractivity contribution is 9.10. The van der Waals surface area contributed by atoms with Crippen molar-refractivity contribution >= 4 is 27.6 Å². The van der Waals surface area contributed by atoms with Gasteiger partial charge in [0.1, 0.15) is 12.2 Å². The third kappa shape index (κ3) is 1.55. The normalized spacial score (nSPS) is 13.8. The van der Waals surface area contributed by atoms with E-state index in [0.717, 1.165) is 10.2 Å². The number of rotatable bonds is 1. The van der Waals surface area contributed by atoms with Crippen molar-refractivity contribution < 1.29 is 14.6 Å². The van der Waals surface area contributed by atoms with Crippen molar-refractivity contribution in [2.45, 2.75) is 0 Å². The minimum atomic E-state index is -0.980. The van der Waals surface area contributed by atoms with Crippen LogP contribution in [0.1, 0.15) is 10.4 Å². The zero-order chi connectivity index (χ0) is 10.1. The molecule has 5 heteroatoms. The highest BCUT2D eigenvalue weighted by Gasteiger charge is 2.19. The number of hydrogen-bond acceptors (Lipinski definition) is 3. The van der Waals surface area contributed by atoms with Crippen molar-refractivity contribution in [3.8, 4) is 5.75 Å². The Morgan fingerprint density at radius 3 is 3.07 bits per heavy atom. The van der Waals surface area contributed by atoms with Crippen molar-refractivity contribution in [2.24, 2.45) is 0 Å². The summed E-state index contributed by atoms with van der Waals surface area (Å²) in [5.41, 5.74) is 0.907. The molecule has 14 heavy (non-hydrogen) atoms. The molecule has 2 N–H and O–H groups in total. The number of aromatic carboxylic acids is 1. The maximum atomic E-state index is 10.9. The molecular formula is C9H8BrNO3. The van der Waals surface area contributed by atoms with E-state index in [1.54, 1.807) is 6.07 Å². The van der Waals surface area contributed by atoms with Crippen LogP contribution in [0.15, 0.2) is 16.6 Å². The molecule has 2 rings (SSSR count). The number of anilines is 1. The Labute approximate surface area is 89.0 Å². The van der Waals surface area contributed by atoms with Crippen molar-refractivity contribution in [1.29, 1.82) is 0 Å². The maximum absolute atomic E-state index is 10.9. The van der Waals surface area contributed by atoms with Crippen LogP contribution in [0.3, 0.4) is 0 Å². The summed E-state index contributed by atoms with van der Waals surface area (Å²) in [6.45, 7) is 1.19. The molecule has 0 radical (unpaired) electrons. The van der Waals surface area contributed by atoms with E-state index in [-0.39, 0.29) is 5.56 Å². The molecule has 0 atom stereocenters. The zero-order valence-corrected chi connectivity index (χ0v) is 8.80. The summed E-state index contributed by atoms with van der Waals surface area (Å²) >= 11 is 3.25. The molecule has 0 aliphatic carbocycles. The summed E-state index contributed by atoms with van der Waals surface area (Å²) < 4.78 is 6.04. The molecule has 1 aliphatic heterocycles. The van der Waals surface area contributed by atoms with Crippen LogP contribution < -0.4 is 10.1 Å². The first-order chi connectivity index (χ1) is 6.68. The predicted octanol–water partition coefficient (Wildman–Crippen LogP) is 1.95. The van der Waals surface area contributed by atoms with Crippen LogP contribution in [-0.2, 0) is 0 Å². The van der Waals surface area contributed by atoms with Crippen LogP contribution in [0.2, 0.25) is 0 Å². The summed E-state index contributed by atoms with van der Waals surface area (Å²) in [6.07, 6.45) is 0. The molecular weight excluding hydrogens is 250 g/mol. The lowest BCUT2D eigenvalue weighted by Gasteiger charge is -2.20. The molecule has 74 valence electrons. The van der Waals surface area contributed by atoms with Crippen LogP contribution in [0.5, 0.6) is 5.75 Å². The largest absolute Gasteiger partial charge is 0.489 e. The third-order valence-electron chi connectivity index (χ3n) is 1.95. The second kappa shape index (κ2) is 3.49. The first-order valence-electron chi connectivity index (χ1n) is 4.12. The Morgan fingerprint density at radius 2 is 2.36 bits per heavy atom. The van der Waals surface area contributed by atoms with E-state index in [4.69, 9.17) is 9.84 Å². The van der Waals surface area contributed by atoms with Gasteiger partial charge >= 0.3 is 5.97 Å². The van der Waals surface area contributed by atoms with Crippen molar-refractivity contribution in [1.82, 2.24) is 0 Å². The van der Waals surface area contributed by atoms with Gasteiger partial charge in [0.15, 0.2) is 5.75 Å². The van der Waals surface area contributed by atoms with Gasteiger partial charge in [-0.25, -0.2) is 4.79 Å². The Balaban J connectivity index is 2.58. The van der Waals surface area contributed by atoms with Crippen LogP contribution in [0.25, 0.3) is 0 Å². The van der Waals surface area contributed by atoms with E-state index >= 15 is 0 Å². The van der Waals surface area contributed by atoms with Crippen LogP contribution in [-0.4, -0.2) is 24.2 Å². The van der Waals surface area contributed by atoms with Gasteiger partial charge in [-0.05, 0) is 12.1 Å². The second-order valence-electron chi connectivity index (χ2n) is 2.91. The number of carbonyl (C=O) groups is 1. The Morgan fingerprint density at radius 1 is 1.57 bits per heavy atom. The van der Waals surface area contributed by atoms with Crippen LogP contribution in [0.4, 0.5) is 5.69 Å². The molecule has 1 aromatic carbocycles. The average molecular weight is 258 g/mol. The number of carboxylic acids is 1. The van der Waals surface area contributed by atoms with E-state index in [1.165, 1.54) is 6.07 Å². The molecule has 1 aliphatic rings. The van der Waals surface area contributed by atoms with Crippen molar-refractivity contribution in [2.75, 3.05) is 18.5 Å². The zero-order valence-electron chi connectivity index (χ0n) is 7.21. The molecule has 4 nitrogen and oxygen atoms in total. The summed E-state index contributed by atoms with van der Waals surface area (Å²) in [5, 5.41) is 12.0. The minimum absolute atomic E-state index is 0.182. The minimum Gasteiger partial charge on any atom is -0.489 e. The fraction of sp³-hybridized carbons (Fsp3) is 0.222. The van der Waals surface area contributed by atoms with Crippen molar-refractivity contribution in [3.05, 3.63) is 22.2 Å². The smallest absolute Gasteiger partial charge is 0.339 e. The molecule has 1 aromatic rings. The Kier molecular flexibility index (Phi) is 2.33. The van der Waals surface area contributed by atoms with E-state index in [9.17, 15) is 4.79 Å². The van der Waals surface area contributed by atoms with Gasteiger partial charge < -0.3 is 15.2 Å². The molecule has 0 aromatic heterocycles. The Hall–Kier alpha value is -1.23. The second-order valence-corrected chi connectivity index (χ2v) is 3.83. The number of carboxylic acid groups (broad SMARTS) is 1. The van der Waals surface area contributed by atoms with Gasteiger partial charge in [-0.15, -0.1) is 0 Å². The van der Waals surface area contributed by atoms with Crippen LogP contribution >= 0.6 is 15.9 Å². The SMILES string of the molecule is O=C(O)c1cc(Br)cc2c1OCCN2. The highest BCUT2D eigenvalue weighted by Crippen LogP contribution is 2.34. The molecule has 0 saturated carbocycles. The van der Waals surface area contributed by atoms with Gasteiger partial charge in [0.25, 0.3) is 0 Å². The van der Waals surface area contributed by atoms with Gasteiger partial charge in [0, 0.05) is 11.0 Å². The molecule has 0 spiro atoms. The first-order valence-corrected chi connectivity index (χ1v) is 4.91. The third-order valence-corrected chi connectivity index (χ3v) is 2.41. The average Bonchev–Trinajstić information content (AvgIpc) is 2.16. The van der Waals surface area contributed by atoms with Gasteiger partial charge in [0.05, 0.1) is 5.69 Å². The van der Waals surface area contributed by atoms with E-state index in [2.05, 4.69) is 21.2 Å². The molecule has 0 fully saturated rings. The molecule has 0 amide bonds. The van der Waals surface area contributed by atoms with E-state index in [0.29, 0.717) is 18.9 Å². The van der Waals surface area contributed by atoms with Crippen LogP contribution in [0, 0.1) is 0 Å². The van der Waals surface area contributed by atoms with Gasteiger partial charge in [-0.3, -0.25) is 0 Å². The van der Waals surface area contributed by atoms with Gasteiger partial charge in [-0.2, -0.15) is 0 Å². The predicted molar refractivity (Wildman–Crippen MR) is 55.1 cm³/mol.